The molecule has 0 saturated heterocycles. The first kappa shape index (κ1) is 11.9. The van der Waals surface area contributed by atoms with Gasteiger partial charge in [-0.2, -0.15) is 11.8 Å². The second kappa shape index (κ2) is 4.56. The molecule has 14 heavy (non-hydrogen) atoms. The molecule has 0 radical (unpaired) electrons. The van der Waals surface area contributed by atoms with E-state index in [4.69, 9.17) is 5.73 Å². The van der Waals surface area contributed by atoms with E-state index in [2.05, 4.69) is 32.0 Å². The van der Waals surface area contributed by atoms with Gasteiger partial charge >= 0.3 is 0 Å². The molecule has 2 N–H and O–H groups in total. The molecular formula is C11H22N2S. The standard InChI is InChI=1S/C11H22N2S/c1-11(2,3)10(12)13-8-5-6-9(7-8)14-4/h8-9H,5-7H2,1-4H3,(H2,12,13). The van der Waals surface area contributed by atoms with Crippen LogP contribution in [0, 0.1) is 5.41 Å². The Kier molecular flexibility index (Phi) is 3.87. The van der Waals surface area contributed by atoms with E-state index in [1.165, 1.54) is 19.3 Å². The Morgan fingerprint density at radius 3 is 2.43 bits per heavy atom. The van der Waals surface area contributed by atoms with Gasteiger partial charge in [0.1, 0.15) is 0 Å². The number of thioether (sulfide) groups is 1. The quantitative estimate of drug-likeness (QED) is 0.567. The lowest BCUT2D eigenvalue weighted by atomic mass is 9.95. The van der Waals surface area contributed by atoms with Crippen LogP contribution in [0.25, 0.3) is 0 Å². The smallest absolute Gasteiger partial charge is 0.0994 e. The van der Waals surface area contributed by atoms with Gasteiger partial charge in [0.25, 0.3) is 0 Å². The summed E-state index contributed by atoms with van der Waals surface area (Å²) in [5, 5.41) is 0.802. The molecular weight excluding hydrogens is 192 g/mol. The first-order valence-corrected chi connectivity index (χ1v) is 6.59. The fourth-order valence-electron chi connectivity index (χ4n) is 1.64. The Balaban J connectivity index is 2.53. The van der Waals surface area contributed by atoms with Crippen molar-refractivity contribution in [1.82, 2.24) is 0 Å². The number of amidine groups is 1. The van der Waals surface area contributed by atoms with Crippen molar-refractivity contribution in [3.05, 3.63) is 0 Å². The number of hydrogen-bond acceptors (Lipinski definition) is 2. The second-order valence-electron chi connectivity index (χ2n) is 5.09. The zero-order chi connectivity index (χ0) is 10.8. The highest BCUT2D eigenvalue weighted by Crippen LogP contribution is 2.30. The zero-order valence-corrected chi connectivity index (χ0v) is 10.5. The summed E-state index contributed by atoms with van der Waals surface area (Å²) in [6.45, 7) is 6.35. The first-order chi connectivity index (χ1) is 6.43. The summed E-state index contributed by atoms with van der Waals surface area (Å²) in [5.74, 6) is 0.809. The summed E-state index contributed by atoms with van der Waals surface area (Å²) >= 11 is 1.96. The van der Waals surface area contributed by atoms with Gasteiger partial charge in [-0.3, -0.25) is 4.99 Å². The second-order valence-corrected chi connectivity index (χ2v) is 6.23. The third kappa shape index (κ3) is 3.19. The van der Waals surface area contributed by atoms with Crippen LogP contribution in [0.1, 0.15) is 40.0 Å². The van der Waals surface area contributed by atoms with Crippen molar-refractivity contribution in [1.29, 1.82) is 0 Å². The van der Waals surface area contributed by atoms with E-state index in [0.29, 0.717) is 6.04 Å². The van der Waals surface area contributed by atoms with Crippen LogP contribution in [0.4, 0.5) is 0 Å². The monoisotopic (exact) mass is 214 g/mol. The fraction of sp³-hybridized carbons (Fsp3) is 0.909. The minimum atomic E-state index is 0.0252. The van der Waals surface area contributed by atoms with Gasteiger partial charge in [0.2, 0.25) is 0 Å². The molecule has 1 aliphatic rings. The highest BCUT2D eigenvalue weighted by molar-refractivity contribution is 7.99. The molecule has 2 atom stereocenters. The topological polar surface area (TPSA) is 38.4 Å². The molecule has 0 heterocycles. The molecule has 0 aromatic carbocycles. The highest BCUT2D eigenvalue weighted by atomic mass is 32.2. The lowest BCUT2D eigenvalue weighted by Crippen LogP contribution is -2.30. The number of hydrogen-bond donors (Lipinski definition) is 1. The molecule has 1 fully saturated rings. The average molecular weight is 214 g/mol. The number of nitrogens with two attached hydrogens (primary N) is 1. The van der Waals surface area contributed by atoms with Gasteiger partial charge in [-0.1, -0.05) is 20.8 Å². The van der Waals surface area contributed by atoms with Gasteiger partial charge in [0.15, 0.2) is 0 Å². The molecule has 2 unspecified atom stereocenters. The van der Waals surface area contributed by atoms with E-state index in [1.807, 2.05) is 11.8 Å². The van der Waals surface area contributed by atoms with Gasteiger partial charge in [-0.15, -0.1) is 0 Å². The van der Waals surface area contributed by atoms with Crippen LogP contribution in [0.3, 0.4) is 0 Å². The van der Waals surface area contributed by atoms with Crippen molar-refractivity contribution >= 4 is 17.6 Å². The van der Waals surface area contributed by atoms with Crippen molar-refractivity contribution in [3.8, 4) is 0 Å². The molecule has 0 aromatic heterocycles. The first-order valence-electron chi connectivity index (χ1n) is 5.30. The van der Waals surface area contributed by atoms with E-state index in [0.717, 1.165) is 11.1 Å². The van der Waals surface area contributed by atoms with Gasteiger partial charge in [0, 0.05) is 10.7 Å². The lowest BCUT2D eigenvalue weighted by Gasteiger charge is -2.19. The highest BCUT2D eigenvalue weighted by Gasteiger charge is 2.25. The summed E-state index contributed by atoms with van der Waals surface area (Å²) in [7, 11) is 0. The molecule has 0 aromatic rings. The molecule has 1 saturated carbocycles. The third-order valence-corrected chi connectivity index (χ3v) is 3.88. The predicted molar refractivity (Wildman–Crippen MR) is 66.0 cm³/mol. The number of nitrogens with zero attached hydrogens (tertiary/aromatic N) is 1. The Bertz CT molecular complexity index is 218. The maximum atomic E-state index is 5.96. The maximum Gasteiger partial charge on any atom is 0.0994 e. The van der Waals surface area contributed by atoms with Gasteiger partial charge in [-0.25, -0.2) is 0 Å². The molecule has 2 nitrogen and oxygen atoms in total. The van der Waals surface area contributed by atoms with Gasteiger partial charge in [0.05, 0.1) is 11.9 Å². The Morgan fingerprint density at radius 2 is 2.00 bits per heavy atom. The molecule has 0 spiro atoms. The maximum absolute atomic E-state index is 5.96. The van der Waals surface area contributed by atoms with Crippen LogP contribution in [-0.2, 0) is 0 Å². The fourth-order valence-corrected chi connectivity index (χ4v) is 2.43. The Labute approximate surface area is 91.7 Å². The van der Waals surface area contributed by atoms with Crippen molar-refractivity contribution in [3.63, 3.8) is 0 Å². The summed E-state index contributed by atoms with van der Waals surface area (Å²) in [6, 6.07) is 0.478. The van der Waals surface area contributed by atoms with Crippen LogP contribution >= 0.6 is 11.8 Å². The van der Waals surface area contributed by atoms with Crippen LogP contribution in [0.5, 0.6) is 0 Å². The molecule has 3 heteroatoms. The summed E-state index contributed by atoms with van der Waals surface area (Å²) in [6.07, 6.45) is 5.90. The normalized spacial score (nSPS) is 29.6. The molecule has 1 aliphatic carbocycles. The van der Waals surface area contributed by atoms with Gasteiger partial charge in [-0.05, 0) is 25.5 Å². The van der Waals surface area contributed by atoms with Crippen LogP contribution in [0.15, 0.2) is 4.99 Å². The largest absolute Gasteiger partial charge is 0.387 e. The molecule has 0 amide bonds. The number of rotatable bonds is 2. The molecule has 82 valence electrons. The Morgan fingerprint density at radius 1 is 1.36 bits per heavy atom. The van der Waals surface area contributed by atoms with E-state index in [1.54, 1.807) is 0 Å². The molecule has 1 rings (SSSR count). The lowest BCUT2D eigenvalue weighted by molar-refractivity contribution is 0.570. The van der Waals surface area contributed by atoms with Gasteiger partial charge < -0.3 is 5.73 Å². The van der Waals surface area contributed by atoms with Crippen molar-refractivity contribution in [2.75, 3.05) is 6.26 Å². The Hall–Kier alpha value is -0.180. The van der Waals surface area contributed by atoms with Crippen LogP contribution < -0.4 is 5.73 Å². The van der Waals surface area contributed by atoms with E-state index in [-0.39, 0.29) is 5.41 Å². The average Bonchev–Trinajstić information content (AvgIpc) is 2.50. The predicted octanol–water partition coefficient (Wildman–Crippen LogP) is 2.67. The van der Waals surface area contributed by atoms with Crippen molar-refractivity contribution in [2.24, 2.45) is 16.1 Å². The van der Waals surface area contributed by atoms with Crippen LogP contribution in [-0.4, -0.2) is 23.4 Å². The minimum Gasteiger partial charge on any atom is -0.387 e. The molecule has 0 aliphatic heterocycles. The SMILES string of the molecule is CSC1CCC(N=C(N)C(C)(C)C)C1. The minimum absolute atomic E-state index is 0.0252. The van der Waals surface area contributed by atoms with E-state index >= 15 is 0 Å². The molecule has 0 bridgehead atoms. The van der Waals surface area contributed by atoms with Crippen molar-refractivity contribution in [2.45, 2.75) is 51.3 Å². The summed E-state index contributed by atoms with van der Waals surface area (Å²) in [5.41, 5.74) is 5.99. The number of aliphatic imine (C=N–C) groups is 1. The third-order valence-electron chi connectivity index (χ3n) is 2.78. The summed E-state index contributed by atoms with van der Waals surface area (Å²) < 4.78 is 0. The van der Waals surface area contributed by atoms with Crippen LogP contribution in [0.2, 0.25) is 0 Å². The summed E-state index contributed by atoms with van der Waals surface area (Å²) in [4.78, 5) is 4.63. The van der Waals surface area contributed by atoms with E-state index < -0.39 is 0 Å². The van der Waals surface area contributed by atoms with Crippen molar-refractivity contribution < 1.29 is 0 Å². The van der Waals surface area contributed by atoms with E-state index in [9.17, 15) is 0 Å². The zero-order valence-electron chi connectivity index (χ0n) is 9.71.